The molecule has 0 spiro atoms. The van der Waals surface area contributed by atoms with Crippen molar-refractivity contribution in [1.82, 2.24) is 5.32 Å². The number of carbonyl (C=O) groups excluding carboxylic acids is 1. The summed E-state index contributed by atoms with van der Waals surface area (Å²) in [5.74, 6) is -1.03. The van der Waals surface area contributed by atoms with Gasteiger partial charge in [0, 0.05) is 5.02 Å². The maximum absolute atomic E-state index is 11.7. The fourth-order valence-corrected chi connectivity index (χ4v) is 2.06. The van der Waals surface area contributed by atoms with Crippen molar-refractivity contribution < 1.29 is 14.7 Å². The Balaban J connectivity index is 2.08. The number of carboxylic acids is 1. The molecule has 1 aromatic carbocycles. The van der Waals surface area contributed by atoms with Crippen molar-refractivity contribution in [1.29, 1.82) is 0 Å². The summed E-state index contributed by atoms with van der Waals surface area (Å²) in [6.07, 6.45) is 0.857. The van der Waals surface area contributed by atoms with Gasteiger partial charge in [0.2, 0.25) is 0 Å². The number of halogens is 2. The number of hydrogen-bond acceptors (Lipinski definition) is 2. The SMILES string of the molecule is Cc1cc(Cl)c(NC(=O)NC2(C(=O)O)CC2)cc1Cl. The lowest BCUT2D eigenvalue weighted by molar-refractivity contribution is -0.140. The van der Waals surface area contributed by atoms with Crippen molar-refractivity contribution >= 4 is 40.9 Å². The third kappa shape index (κ3) is 2.93. The minimum absolute atomic E-state index is 0.343. The minimum atomic E-state index is -1.13. The lowest BCUT2D eigenvalue weighted by Crippen LogP contribution is -2.45. The Morgan fingerprint density at radius 2 is 1.89 bits per heavy atom. The van der Waals surface area contributed by atoms with Crippen molar-refractivity contribution in [3.63, 3.8) is 0 Å². The van der Waals surface area contributed by atoms with Crippen LogP contribution in [-0.2, 0) is 4.79 Å². The van der Waals surface area contributed by atoms with Gasteiger partial charge < -0.3 is 15.7 Å². The van der Waals surface area contributed by atoms with Gasteiger partial charge in [-0.1, -0.05) is 23.2 Å². The van der Waals surface area contributed by atoms with Gasteiger partial charge in [0.25, 0.3) is 0 Å². The normalized spacial score (nSPS) is 15.7. The van der Waals surface area contributed by atoms with Gasteiger partial charge in [0.05, 0.1) is 10.7 Å². The van der Waals surface area contributed by atoms with E-state index in [1.165, 1.54) is 6.07 Å². The highest BCUT2D eigenvalue weighted by molar-refractivity contribution is 6.36. The minimum Gasteiger partial charge on any atom is -0.480 e. The summed E-state index contributed by atoms with van der Waals surface area (Å²) in [7, 11) is 0. The summed E-state index contributed by atoms with van der Waals surface area (Å²) >= 11 is 11.9. The zero-order valence-electron chi connectivity index (χ0n) is 10.1. The number of amides is 2. The van der Waals surface area contributed by atoms with Crippen LogP contribution in [0.2, 0.25) is 10.0 Å². The highest BCUT2D eigenvalue weighted by Gasteiger charge is 2.51. The third-order valence-corrected chi connectivity index (χ3v) is 3.73. The molecule has 1 aromatic rings. The van der Waals surface area contributed by atoms with E-state index in [0.29, 0.717) is 28.6 Å². The van der Waals surface area contributed by atoms with Crippen LogP contribution in [-0.4, -0.2) is 22.6 Å². The molecule has 0 radical (unpaired) electrons. The van der Waals surface area contributed by atoms with Crippen molar-refractivity contribution in [3.8, 4) is 0 Å². The number of urea groups is 1. The van der Waals surface area contributed by atoms with Crippen LogP contribution in [0.5, 0.6) is 0 Å². The number of aliphatic carboxylic acids is 1. The molecule has 0 bridgehead atoms. The predicted molar refractivity (Wildman–Crippen MR) is 73.0 cm³/mol. The fraction of sp³-hybridized carbons (Fsp3) is 0.333. The van der Waals surface area contributed by atoms with E-state index in [0.717, 1.165) is 5.56 Å². The summed E-state index contributed by atoms with van der Waals surface area (Å²) in [6, 6.07) is 2.55. The number of benzene rings is 1. The van der Waals surface area contributed by atoms with E-state index in [1.807, 2.05) is 0 Å². The second-order valence-electron chi connectivity index (χ2n) is 4.55. The summed E-state index contributed by atoms with van der Waals surface area (Å²) in [6.45, 7) is 1.79. The van der Waals surface area contributed by atoms with E-state index in [4.69, 9.17) is 28.3 Å². The van der Waals surface area contributed by atoms with Crippen LogP contribution < -0.4 is 10.6 Å². The van der Waals surface area contributed by atoms with Gasteiger partial charge in [-0.2, -0.15) is 0 Å². The first kappa shape index (κ1) is 14.0. The molecular formula is C12H12Cl2N2O3. The van der Waals surface area contributed by atoms with Gasteiger partial charge >= 0.3 is 12.0 Å². The molecule has 3 N–H and O–H groups in total. The molecule has 0 unspecified atom stereocenters. The van der Waals surface area contributed by atoms with Crippen molar-refractivity contribution in [2.24, 2.45) is 0 Å². The molecule has 1 saturated carbocycles. The van der Waals surface area contributed by atoms with Crippen molar-refractivity contribution in [2.75, 3.05) is 5.32 Å². The average molecular weight is 303 g/mol. The molecule has 0 heterocycles. The van der Waals surface area contributed by atoms with Gasteiger partial charge in [-0.3, -0.25) is 0 Å². The quantitative estimate of drug-likeness (QED) is 0.803. The largest absolute Gasteiger partial charge is 0.480 e. The molecule has 7 heteroatoms. The molecule has 2 rings (SSSR count). The zero-order valence-corrected chi connectivity index (χ0v) is 11.6. The summed E-state index contributed by atoms with van der Waals surface area (Å²) in [4.78, 5) is 22.7. The number of carboxylic acid groups (broad SMARTS) is 1. The number of aryl methyl sites for hydroxylation is 1. The fourth-order valence-electron chi connectivity index (χ4n) is 1.63. The number of carbonyl (C=O) groups is 2. The van der Waals surface area contributed by atoms with Crippen LogP contribution >= 0.6 is 23.2 Å². The van der Waals surface area contributed by atoms with E-state index in [-0.39, 0.29) is 0 Å². The molecular weight excluding hydrogens is 291 g/mol. The molecule has 19 heavy (non-hydrogen) atoms. The smallest absolute Gasteiger partial charge is 0.329 e. The van der Waals surface area contributed by atoms with Crippen LogP contribution in [0, 0.1) is 6.92 Å². The summed E-state index contributed by atoms with van der Waals surface area (Å²) < 4.78 is 0. The van der Waals surface area contributed by atoms with E-state index in [1.54, 1.807) is 13.0 Å². The van der Waals surface area contributed by atoms with E-state index in [9.17, 15) is 9.59 Å². The molecule has 102 valence electrons. The van der Waals surface area contributed by atoms with E-state index >= 15 is 0 Å². The molecule has 5 nitrogen and oxygen atoms in total. The predicted octanol–water partition coefficient (Wildman–Crippen LogP) is 3.04. The molecule has 0 aliphatic heterocycles. The molecule has 1 aliphatic rings. The number of nitrogens with one attached hydrogen (secondary N) is 2. The Bertz CT molecular complexity index is 556. The van der Waals surface area contributed by atoms with Crippen LogP contribution in [0.15, 0.2) is 12.1 Å². The van der Waals surface area contributed by atoms with Gasteiger partial charge in [-0.05, 0) is 37.5 Å². The van der Waals surface area contributed by atoms with E-state index < -0.39 is 17.5 Å². The Morgan fingerprint density at radius 1 is 1.26 bits per heavy atom. The Kier molecular flexibility index (Phi) is 3.60. The molecule has 0 aromatic heterocycles. The third-order valence-electron chi connectivity index (χ3n) is 3.01. The lowest BCUT2D eigenvalue weighted by Gasteiger charge is -2.14. The zero-order chi connectivity index (χ0) is 14.2. The first-order valence-corrected chi connectivity index (χ1v) is 6.38. The molecule has 0 saturated heterocycles. The second-order valence-corrected chi connectivity index (χ2v) is 5.36. The average Bonchev–Trinajstić information content (AvgIpc) is 3.06. The van der Waals surface area contributed by atoms with Crippen LogP contribution in [0.25, 0.3) is 0 Å². The monoisotopic (exact) mass is 302 g/mol. The van der Waals surface area contributed by atoms with Crippen LogP contribution in [0.1, 0.15) is 18.4 Å². The molecule has 1 fully saturated rings. The van der Waals surface area contributed by atoms with Gasteiger partial charge in [0.15, 0.2) is 0 Å². The second kappa shape index (κ2) is 4.90. The van der Waals surface area contributed by atoms with Gasteiger partial charge in [-0.15, -0.1) is 0 Å². The Hall–Kier alpha value is -1.46. The Morgan fingerprint density at radius 3 is 2.42 bits per heavy atom. The first-order chi connectivity index (χ1) is 8.84. The number of anilines is 1. The summed E-state index contributed by atoms with van der Waals surface area (Å²) in [5, 5.41) is 14.7. The van der Waals surface area contributed by atoms with Crippen molar-refractivity contribution in [2.45, 2.75) is 25.3 Å². The van der Waals surface area contributed by atoms with Crippen LogP contribution in [0.3, 0.4) is 0 Å². The Labute approximate surface area is 119 Å². The van der Waals surface area contributed by atoms with Gasteiger partial charge in [0.1, 0.15) is 5.54 Å². The van der Waals surface area contributed by atoms with E-state index in [2.05, 4.69) is 10.6 Å². The number of hydrogen-bond donors (Lipinski definition) is 3. The first-order valence-electron chi connectivity index (χ1n) is 5.62. The highest BCUT2D eigenvalue weighted by atomic mass is 35.5. The van der Waals surface area contributed by atoms with Crippen LogP contribution in [0.4, 0.5) is 10.5 Å². The maximum atomic E-state index is 11.7. The topological polar surface area (TPSA) is 78.4 Å². The molecule has 2 amide bonds. The highest BCUT2D eigenvalue weighted by Crippen LogP contribution is 2.36. The number of rotatable bonds is 3. The lowest BCUT2D eigenvalue weighted by atomic mass is 10.2. The van der Waals surface area contributed by atoms with Gasteiger partial charge in [-0.25, -0.2) is 9.59 Å². The molecule has 0 atom stereocenters. The standard InChI is InChI=1S/C12H12Cl2N2O3/c1-6-4-8(14)9(5-7(6)13)15-11(19)16-12(2-3-12)10(17)18/h4-5H,2-3H2,1H3,(H,17,18)(H2,15,16,19). The summed E-state index contributed by atoms with van der Waals surface area (Å²) in [5.41, 5.74) is 0.00296. The molecule has 1 aliphatic carbocycles. The van der Waals surface area contributed by atoms with Crippen molar-refractivity contribution in [3.05, 3.63) is 27.7 Å². The maximum Gasteiger partial charge on any atom is 0.329 e.